The molecule has 0 aromatic heterocycles. The van der Waals surface area contributed by atoms with Gasteiger partial charge in [-0.3, -0.25) is 9.59 Å². The largest absolute Gasteiger partial charge is 0.455 e. The summed E-state index contributed by atoms with van der Waals surface area (Å²) in [5.41, 5.74) is 5.53. The molecule has 3 aliphatic rings. The summed E-state index contributed by atoms with van der Waals surface area (Å²) in [6, 6.07) is 59.2. The van der Waals surface area contributed by atoms with Crippen molar-refractivity contribution in [2.24, 2.45) is 0 Å². The third kappa shape index (κ3) is 27.9. The van der Waals surface area contributed by atoms with Gasteiger partial charge in [0.15, 0.2) is 31.1 Å². The lowest BCUT2D eigenvalue weighted by atomic mass is 9.95. The van der Waals surface area contributed by atoms with Crippen LogP contribution in [0.2, 0.25) is 0 Å². The lowest BCUT2D eigenvalue weighted by molar-refractivity contribution is -0.383. The number of carbonyl (C=O) groups excluding carboxylic acids is 3. The van der Waals surface area contributed by atoms with Gasteiger partial charge in [-0.15, -0.1) is 0 Å². The van der Waals surface area contributed by atoms with Crippen LogP contribution in [0.1, 0.15) is 190 Å². The fraction of sp³-hybridized carbons (Fsp3) is 0.552. The van der Waals surface area contributed by atoms with Crippen molar-refractivity contribution in [3.05, 3.63) is 215 Å². The molecule has 1 N–H and O–H groups in total. The SMILES string of the molecule is CCCCCCCCC[C@H](CCCCCCCC(C)=O)O[C@@H]1O[C@H](COCc2ccccc2)[C@@H](OCc2ccccc2)[C@H](OCc2ccccc2)[C@H]1O[C@@H]1O[C@H](CO[C@@H]2O[C@H](C)[C@H](OCc3ccccc3)[C@H](OCc3ccccc3)[C@@H]2OCc2ccccc2)[C@@H](OC(=O)CCC)[C@H](OC(=O)CCC)[C@H]1O. The summed E-state index contributed by atoms with van der Waals surface area (Å²) in [5.74, 6) is -1.05. The van der Waals surface area contributed by atoms with Crippen molar-refractivity contribution < 1.29 is 85.8 Å². The van der Waals surface area contributed by atoms with E-state index in [0.717, 1.165) is 104 Å². The average Bonchev–Trinajstić information content (AvgIpc) is 0.773. The second-order valence-electron chi connectivity index (χ2n) is 28.1. The number of aliphatic hydroxyl groups is 1. The van der Waals surface area contributed by atoms with E-state index in [2.05, 4.69) is 6.92 Å². The Morgan fingerprint density at radius 2 is 0.762 bits per heavy atom. The summed E-state index contributed by atoms with van der Waals surface area (Å²) in [6.07, 6.45) is -2.41. The van der Waals surface area contributed by atoms with Crippen LogP contribution >= 0.6 is 0 Å². The van der Waals surface area contributed by atoms with Crippen LogP contribution in [0.15, 0.2) is 182 Å². The van der Waals surface area contributed by atoms with E-state index in [-0.39, 0.29) is 77.6 Å². The number of esters is 2. The van der Waals surface area contributed by atoms with E-state index in [1.807, 2.05) is 203 Å². The zero-order valence-corrected chi connectivity index (χ0v) is 62.5. The normalized spacial score (nSPS) is 25.0. The second-order valence-corrected chi connectivity index (χ2v) is 28.1. The number of ketones is 1. The van der Waals surface area contributed by atoms with Crippen molar-refractivity contribution in [1.29, 1.82) is 0 Å². The fourth-order valence-corrected chi connectivity index (χ4v) is 13.7. The predicted molar refractivity (Wildman–Crippen MR) is 400 cm³/mol. The highest BCUT2D eigenvalue weighted by Gasteiger charge is 2.56. The number of hydrogen-bond acceptors (Lipinski definition) is 18. The Balaban J connectivity index is 1.11. The van der Waals surface area contributed by atoms with E-state index in [0.29, 0.717) is 25.7 Å². The molecule has 3 heterocycles. The molecule has 18 nitrogen and oxygen atoms in total. The Hall–Kier alpha value is -6.59. The maximum atomic E-state index is 14.2. The highest BCUT2D eigenvalue weighted by atomic mass is 16.8. The van der Waals surface area contributed by atoms with E-state index in [1.54, 1.807) is 6.92 Å². The highest BCUT2D eigenvalue weighted by Crippen LogP contribution is 2.39. The van der Waals surface area contributed by atoms with Gasteiger partial charge in [0.05, 0.1) is 65.1 Å². The summed E-state index contributed by atoms with van der Waals surface area (Å²) in [5, 5.41) is 13.2. The second kappa shape index (κ2) is 46.6. The number of unbranched alkanes of at least 4 members (excludes halogenated alkanes) is 10. The van der Waals surface area contributed by atoms with Gasteiger partial charge < -0.3 is 76.2 Å². The maximum absolute atomic E-state index is 14.2. The van der Waals surface area contributed by atoms with E-state index >= 15 is 0 Å². The van der Waals surface area contributed by atoms with Crippen LogP contribution in [0.25, 0.3) is 0 Å². The van der Waals surface area contributed by atoms with Gasteiger partial charge in [-0.1, -0.05) is 273 Å². The van der Waals surface area contributed by atoms with Crippen molar-refractivity contribution in [3.8, 4) is 0 Å². The Bertz CT molecular complexity index is 3300. The van der Waals surface area contributed by atoms with Gasteiger partial charge in [0.25, 0.3) is 0 Å². The number of carbonyl (C=O) groups is 3. The molecule has 6 aromatic rings. The first-order valence-corrected chi connectivity index (χ1v) is 38.8. The summed E-state index contributed by atoms with van der Waals surface area (Å²) in [6.45, 7) is 10.3. The highest BCUT2D eigenvalue weighted by molar-refractivity contribution is 5.75. The van der Waals surface area contributed by atoms with E-state index in [4.69, 9.17) is 66.3 Å². The zero-order valence-electron chi connectivity index (χ0n) is 62.5. The molecule has 0 spiro atoms. The van der Waals surface area contributed by atoms with E-state index in [1.165, 1.54) is 12.8 Å². The Morgan fingerprint density at radius 3 is 1.23 bits per heavy atom. The first-order chi connectivity index (χ1) is 51.5. The van der Waals surface area contributed by atoms with E-state index < -0.39 is 104 Å². The minimum atomic E-state index is -1.80. The number of Topliss-reactive ketones (excluding diaryl/α,β-unsaturated/α-hetero) is 1. The maximum Gasteiger partial charge on any atom is 0.306 e. The van der Waals surface area contributed by atoms with Crippen LogP contribution in [0.4, 0.5) is 0 Å². The predicted octanol–water partition coefficient (Wildman–Crippen LogP) is 16.4. The molecule has 0 bridgehead atoms. The zero-order chi connectivity index (χ0) is 73.6. The van der Waals surface area contributed by atoms with Crippen molar-refractivity contribution in [1.82, 2.24) is 0 Å². The van der Waals surface area contributed by atoms with Crippen LogP contribution in [0.5, 0.6) is 0 Å². The molecule has 6 aromatic carbocycles. The molecule has 0 saturated carbocycles. The Kier molecular flexibility index (Phi) is 36.6. The van der Waals surface area contributed by atoms with Gasteiger partial charge in [0.1, 0.15) is 60.7 Å². The van der Waals surface area contributed by atoms with Crippen LogP contribution < -0.4 is 0 Å². The first-order valence-electron chi connectivity index (χ1n) is 38.8. The Morgan fingerprint density at radius 1 is 0.371 bits per heavy atom. The van der Waals surface area contributed by atoms with Crippen LogP contribution in [0, 0.1) is 0 Å². The van der Waals surface area contributed by atoms with E-state index in [9.17, 15) is 19.5 Å². The quantitative estimate of drug-likeness (QED) is 0.0279. The molecule has 105 heavy (non-hydrogen) atoms. The molecule has 3 fully saturated rings. The molecule has 16 atom stereocenters. The number of aliphatic hydroxyl groups excluding tert-OH is 1. The molecular formula is C87H116O18. The van der Waals surface area contributed by atoms with Crippen LogP contribution in [0.3, 0.4) is 0 Å². The summed E-state index contributed by atoms with van der Waals surface area (Å²) in [4.78, 5) is 40.2. The van der Waals surface area contributed by atoms with Gasteiger partial charge in [-0.05, 0) is 79.3 Å². The van der Waals surface area contributed by atoms with Crippen molar-refractivity contribution in [2.45, 2.75) is 294 Å². The molecular weight excluding hydrogens is 1330 g/mol. The average molecular weight is 1450 g/mol. The number of benzene rings is 6. The standard InChI is InChI=1S/C87H116O18/c1-6-9-10-11-12-15-36-53-71(54-37-16-13-14-23-40-63(4)88)100-87-84(82(96-59-69-49-32-21-33-50-69)78(94-57-67-45-28-19-29-46-67)72(102-87)61-92-55-65-41-24-17-25-42-65)105-85-76(91)80(104-75(90)39-8-3)79(103-74(89)38-7-2)73(101-85)62-98-86-83(97-60-70-51-34-22-35-52-70)81(95-58-68-47-30-20-31-48-68)77(64(5)99-86)93-56-66-43-26-18-27-44-66/h17-22,24-35,41-52,64,71-73,76-87,91H,6-16,23,36-40,53-62H2,1-5H3/t64-,71-,72-,73-,76-,77+,78-,79-,80-,81+,82+,83+,84-,85+,86-,87-/m1/s1. The molecule has 0 amide bonds. The lowest BCUT2D eigenvalue weighted by Gasteiger charge is -2.50. The first kappa shape index (κ1) is 82.5. The molecule has 3 saturated heterocycles. The van der Waals surface area contributed by atoms with Gasteiger partial charge >= 0.3 is 11.9 Å². The minimum absolute atomic E-state index is 0.00695. The molecule has 3 aliphatic heterocycles. The topological polar surface area (TPSA) is 201 Å². The summed E-state index contributed by atoms with van der Waals surface area (Å²) in [7, 11) is 0. The fourth-order valence-electron chi connectivity index (χ4n) is 13.7. The third-order valence-corrected chi connectivity index (χ3v) is 19.4. The van der Waals surface area contributed by atoms with Gasteiger partial charge in [-0.2, -0.15) is 0 Å². The summed E-state index contributed by atoms with van der Waals surface area (Å²) >= 11 is 0. The van der Waals surface area contributed by atoms with Gasteiger partial charge in [0.2, 0.25) is 0 Å². The number of ether oxygens (including phenoxy) is 14. The third-order valence-electron chi connectivity index (χ3n) is 19.4. The number of rotatable bonds is 48. The number of hydrogen-bond donors (Lipinski definition) is 1. The molecule has 0 aliphatic carbocycles. The molecule has 18 heteroatoms. The smallest absolute Gasteiger partial charge is 0.306 e. The molecule has 9 rings (SSSR count). The molecule has 572 valence electrons. The van der Waals surface area contributed by atoms with Gasteiger partial charge in [0, 0.05) is 19.3 Å². The minimum Gasteiger partial charge on any atom is -0.455 e. The Labute approximate surface area is 623 Å². The van der Waals surface area contributed by atoms with Crippen LogP contribution in [-0.4, -0.2) is 134 Å². The van der Waals surface area contributed by atoms with Crippen molar-refractivity contribution in [3.63, 3.8) is 0 Å². The van der Waals surface area contributed by atoms with Crippen molar-refractivity contribution in [2.75, 3.05) is 13.2 Å². The summed E-state index contributed by atoms with van der Waals surface area (Å²) < 4.78 is 97.9. The van der Waals surface area contributed by atoms with Crippen molar-refractivity contribution >= 4 is 17.7 Å². The van der Waals surface area contributed by atoms with Gasteiger partial charge in [-0.25, -0.2) is 0 Å². The molecule has 0 radical (unpaired) electrons. The lowest BCUT2D eigenvalue weighted by Crippen LogP contribution is -2.67. The van der Waals surface area contributed by atoms with Crippen LogP contribution in [-0.2, 0) is 120 Å². The monoisotopic (exact) mass is 1450 g/mol. The molecule has 0 unspecified atom stereocenters.